The van der Waals surface area contributed by atoms with Crippen LogP contribution in [0.5, 0.6) is 0 Å². The molecule has 0 aliphatic carbocycles. The SMILES string of the molecule is CC(OC(=O)c1ccccc1[N+](=O)[O-])C(=O)c1ccccc1. The predicted molar refractivity (Wildman–Crippen MR) is 78.7 cm³/mol. The van der Waals surface area contributed by atoms with Crippen molar-refractivity contribution in [3.05, 3.63) is 75.8 Å². The third-order valence-electron chi connectivity index (χ3n) is 3.03. The highest BCUT2D eigenvalue weighted by atomic mass is 16.6. The number of nitro benzene ring substituents is 1. The van der Waals surface area contributed by atoms with Crippen LogP contribution in [0.2, 0.25) is 0 Å². The molecule has 0 heterocycles. The van der Waals surface area contributed by atoms with Crippen molar-refractivity contribution in [1.29, 1.82) is 0 Å². The third kappa shape index (κ3) is 3.35. The summed E-state index contributed by atoms with van der Waals surface area (Å²) in [7, 11) is 0. The third-order valence-corrected chi connectivity index (χ3v) is 3.03. The van der Waals surface area contributed by atoms with Gasteiger partial charge in [0.1, 0.15) is 5.56 Å². The number of rotatable bonds is 5. The summed E-state index contributed by atoms with van der Waals surface area (Å²) in [5, 5.41) is 10.9. The van der Waals surface area contributed by atoms with Crippen molar-refractivity contribution < 1.29 is 19.2 Å². The number of hydrogen-bond donors (Lipinski definition) is 0. The number of hydrogen-bond acceptors (Lipinski definition) is 5. The molecule has 0 bridgehead atoms. The second-order valence-corrected chi connectivity index (χ2v) is 4.55. The Bertz CT molecular complexity index is 711. The van der Waals surface area contributed by atoms with Gasteiger partial charge in [-0.15, -0.1) is 0 Å². The normalized spacial score (nSPS) is 11.5. The smallest absolute Gasteiger partial charge is 0.345 e. The highest BCUT2D eigenvalue weighted by molar-refractivity contribution is 6.02. The summed E-state index contributed by atoms with van der Waals surface area (Å²) >= 11 is 0. The van der Waals surface area contributed by atoms with Gasteiger partial charge in [0, 0.05) is 11.6 Å². The number of carbonyl (C=O) groups is 2. The van der Waals surface area contributed by atoms with E-state index in [9.17, 15) is 19.7 Å². The van der Waals surface area contributed by atoms with E-state index in [0.29, 0.717) is 5.56 Å². The lowest BCUT2D eigenvalue weighted by Crippen LogP contribution is -2.24. The lowest BCUT2D eigenvalue weighted by Gasteiger charge is -2.12. The summed E-state index contributed by atoms with van der Waals surface area (Å²) < 4.78 is 5.05. The Balaban J connectivity index is 2.16. The van der Waals surface area contributed by atoms with Gasteiger partial charge in [-0.05, 0) is 13.0 Å². The number of nitro groups is 1. The summed E-state index contributed by atoms with van der Waals surface area (Å²) in [5.41, 5.74) is -0.127. The molecule has 112 valence electrons. The zero-order chi connectivity index (χ0) is 16.1. The van der Waals surface area contributed by atoms with Crippen LogP contribution in [0.25, 0.3) is 0 Å². The summed E-state index contributed by atoms with van der Waals surface area (Å²) in [6.45, 7) is 1.43. The Morgan fingerprint density at radius 2 is 1.64 bits per heavy atom. The first-order valence-corrected chi connectivity index (χ1v) is 6.54. The van der Waals surface area contributed by atoms with Gasteiger partial charge in [-0.25, -0.2) is 4.79 Å². The van der Waals surface area contributed by atoms with Crippen LogP contribution in [-0.2, 0) is 4.74 Å². The van der Waals surface area contributed by atoms with Crippen LogP contribution in [0.15, 0.2) is 54.6 Å². The number of ketones is 1. The molecule has 22 heavy (non-hydrogen) atoms. The largest absolute Gasteiger partial charge is 0.450 e. The minimum atomic E-state index is -1.03. The van der Waals surface area contributed by atoms with E-state index in [1.165, 1.54) is 31.2 Å². The molecule has 0 aliphatic rings. The van der Waals surface area contributed by atoms with E-state index < -0.39 is 17.0 Å². The topological polar surface area (TPSA) is 86.5 Å². The number of para-hydroxylation sites is 1. The van der Waals surface area contributed by atoms with Gasteiger partial charge in [-0.1, -0.05) is 42.5 Å². The molecule has 2 aromatic carbocycles. The molecular weight excluding hydrogens is 286 g/mol. The number of Topliss-reactive ketones (excluding diaryl/α,β-unsaturated/α-hetero) is 1. The fourth-order valence-corrected chi connectivity index (χ4v) is 1.92. The molecule has 2 aromatic rings. The Kier molecular flexibility index (Phi) is 4.63. The highest BCUT2D eigenvalue weighted by Crippen LogP contribution is 2.19. The van der Waals surface area contributed by atoms with E-state index in [0.717, 1.165) is 0 Å². The molecule has 0 saturated heterocycles. The maximum atomic E-state index is 12.1. The standard InChI is InChI=1S/C16H13NO5/c1-11(15(18)12-7-3-2-4-8-12)22-16(19)13-9-5-6-10-14(13)17(20)21/h2-11H,1H3. The molecule has 0 amide bonds. The molecule has 0 N–H and O–H groups in total. The Morgan fingerprint density at radius 3 is 2.27 bits per heavy atom. The fraction of sp³-hybridized carbons (Fsp3) is 0.125. The molecule has 2 rings (SSSR count). The highest BCUT2D eigenvalue weighted by Gasteiger charge is 2.25. The number of esters is 1. The minimum absolute atomic E-state index is 0.180. The number of ether oxygens (including phenoxy) is 1. The lowest BCUT2D eigenvalue weighted by molar-refractivity contribution is -0.385. The molecule has 0 saturated carbocycles. The zero-order valence-corrected chi connectivity index (χ0v) is 11.8. The summed E-state index contributed by atoms with van der Waals surface area (Å²) in [4.78, 5) is 34.4. The van der Waals surface area contributed by atoms with E-state index in [4.69, 9.17) is 4.74 Å². The monoisotopic (exact) mass is 299 g/mol. The van der Waals surface area contributed by atoms with E-state index in [2.05, 4.69) is 0 Å². The van der Waals surface area contributed by atoms with Gasteiger partial charge < -0.3 is 4.74 Å². The number of carbonyl (C=O) groups excluding carboxylic acids is 2. The first kappa shape index (κ1) is 15.4. The molecular formula is C16H13NO5. The Hall–Kier alpha value is -3.02. The molecule has 0 aromatic heterocycles. The molecule has 1 atom stereocenters. The van der Waals surface area contributed by atoms with Crippen LogP contribution < -0.4 is 0 Å². The molecule has 1 unspecified atom stereocenters. The van der Waals surface area contributed by atoms with Gasteiger partial charge in [0.15, 0.2) is 6.10 Å². The molecule has 6 nitrogen and oxygen atoms in total. The summed E-state index contributed by atoms with van der Waals surface area (Å²) in [6, 6.07) is 13.8. The van der Waals surface area contributed by atoms with Gasteiger partial charge in [-0.3, -0.25) is 14.9 Å². The average Bonchev–Trinajstić information content (AvgIpc) is 2.54. The molecule has 0 radical (unpaired) electrons. The van der Waals surface area contributed by atoms with Crippen molar-refractivity contribution in [2.24, 2.45) is 0 Å². The second-order valence-electron chi connectivity index (χ2n) is 4.55. The van der Waals surface area contributed by atoms with E-state index in [1.54, 1.807) is 30.3 Å². The van der Waals surface area contributed by atoms with Crippen molar-refractivity contribution in [2.45, 2.75) is 13.0 Å². The number of benzene rings is 2. The number of nitrogens with zero attached hydrogens (tertiary/aromatic N) is 1. The average molecular weight is 299 g/mol. The van der Waals surface area contributed by atoms with Gasteiger partial charge in [0.2, 0.25) is 5.78 Å². The van der Waals surface area contributed by atoms with E-state index in [-0.39, 0.29) is 17.0 Å². The molecule has 6 heteroatoms. The molecule has 0 fully saturated rings. The Labute approximate surface area is 126 Å². The zero-order valence-electron chi connectivity index (χ0n) is 11.8. The van der Waals surface area contributed by atoms with E-state index >= 15 is 0 Å². The van der Waals surface area contributed by atoms with Gasteiger partial charge in [0.05, 0.1) is 4.92 Å². The fourth-order valence-electron chi connectivity index (χ4n) is 1.92. The lowest BCUT2D eigenvalue weighted by atomic mass is 10.1. The van der Waals surface area contributed by atoms with Gasteiger partial charge >= 0.3 is 5.97 Å². The molecule has 0 aliphatic heterocycles. The summed E-state index contributed by atoms with van der Waals surface area (Å²) in [5.74, 6) is -1.27. The quantitative estimate of drug-likeness (QED) is 0.366. The van der Waals surface area contributed by atoms with Crippen molar-refractivity contribution in [2.75, 3.05) is 0 Å². The van der Waals surface area contributed by atoms with Crippen molar-refractivity contribution in [1.82, 2.24) is 0 Å². The van der Waals surface area contributed by atoms with Crippen LogP contribution in [0, 0.1) is 10.1 Å². The van der Waals surface area contributed by atoms with Crippen molar-refractivity contribution >= 4 is 17.4 Å². The van der Waals surface area contributed by atoms with Crippen LogP contribution in [0.3, 0.4) is 0 Å². The van der Waals surface area contributed by atoms with Crippen LogP contribution >= 0.6 is 0 Å². The molecule has 0 spiro atoms. The van der Waals surface area contributed by atoms with Gasteiger partial charge in [-0.2, -0.15) is 0 Å². The first-order valence-electron chi connectivity index (χ1n) is 6.54. The maximum Gasteiger partial charge on any atom is 0.345 e. The van der Waals surface area contributed by atoms with Gasteiger partial charge in [0.25, 0.3) is 5.69 Å². The van der Waals surface area contributed by atoms with Crippen LogP contribution in [-0.4, -0.2) is 22.8 Å². The van der Waals surface area contributed by atoms with E-state index in [1.807, 2.05) is 0 Å². The maximum absolute atomic E-state index is 12.1. The predicted octanol–water partition coefficient (Wildman–Crippen LogP) is 3.02. The van der Waals surface area contributed by atoms with Crippen molar-refractivity contribution in [3.63, 3.8) is 0 Å². The Morgan fingerprint density at radius 1 is 1.05 bits per heavy atom. The van der Waals surface area contributed by atoms with Crippen LogP contribution in [0.1, 0.15) is 27.6 Å². The summed E-state index contributed by atoms with van der Waals surface area (Å²) in [6.07, 6.45) is -1.03. The van der Waals surface area contributed by atoms with Crippen molar-refractivity contribution in [3.8, 4) is 0 Å². The first-order chi connectivity index (χ1) is 10.5. The minimum Gasteiger partial charge on any atom is -0.450 e. The second kappa shape index (κ2) is 6.62. The van der Waals surface area contributed by atoms with Crippen LogP contribution in [0.4, 0.5) is 5.69 Å².